The highest BCUT2D eigenvalue weighted by Crippen LogP contribution is 2.15. The standard InChI is InChI=1S/C11H14O2.C9H16/c1-8(2)10-5-3-4-9(6-10)7-11(12)13;1-5-7-9(6-2)8(3)4/h3-6,8H,7H2,1-2H3,(H,12,13);6-8H,2,5H2,1,3-4H3/b;9-7+. The van der Waals surface area contributed by atoms with E-state index in [9.17, 15) is 4.79 Å². The Morgan fingerprint density at radius 3 is 2.27 bits per heavy atom. The van der Waals surface area contributed by atoms with Gasteiger partial charge in [0, 0.05) is 0 Å². The molecule has 0 amide bonds. The molecule has 0 aliphatic heterocycles. The van der Waals surface area contributed by atoms with Crippen molar-refractivity contribution >= 4 is 5.97 Å². The molecule has 1 rings (SSSR count). The fourth-order valence-corrected chi connectivity index (χ4v) is 2.03. The number of carboxylic acid groups (broad SMARTS) is 1. The van der Waals surface area contributed by atoms with Gasteiger partial charge in [-0.2, -0.15) is 0 Å². The van der Waals surface area contributed by atoms with Crippen LogP contribution in [0.2, 0.25) is 0 Å². The molecule has 0 radical (unpaired) electrons. The number of rotatable bonds is 6. The molecule has 1 N–H and O–H groups in total. The number of allylic oxidation sites excluding steroid dienone is 3. The van der Waals surface area contributed by atoms with Gasteiger partial charge in [-0.05, 0) is 29.4 Å². The predicted octanol–water partition coefficient (Wildman–Crippen LogP) is 5.60. The van der Waals surface area contributed by atoms with Crippen molar-refractivity contribution in [3.8, 4) is 0 Å². The van der Waals surface area contributed by atoms with Crippen molar-refractivity contribution in [1.29, 1.82) is 0 Å². The van der Waals surface area contributed by atoms with E-state index in [0.29, 0.717) is 11.8 Å². The molecule has 122 valence electrons. The van der Waals surface area contributed by atoms with E-state index in [1.54, 1.807) is 0 Å². The molecule has 0 spiro atoms. The Labute approximate surface area is 135 Å². The zero-order valence-corrected chi connectivity index (χ0v) is 14.6. The number of carboxylic acids is 1. The lowest BCUT2D eigenvalue weighted by Gasteiger charge is -2.06. The molecule has 0 unspecified atom stereocenters. The molecule has 2 heteroatoms. The second-order valence-electron chi connectivity index (χ2n) is 5.94. The van der Waals surface area contributed by atoms with E-state index in [0.717, 1.165) is 12.0 Å². The minimum Gasteiger partial charge on any atom is -0.481 e. The van der Waals surface area contributed by atoms with Crippen molar-refractivity contribution in [3.63, 3.8) is 0 Å². The molecule has 0 bridgehead atoms. The van der Waals surface area contributed by atoms with Gasteiger partial charge in [0.05, 0.1) is 6.42 Å². The Bertz CT molecular complexity index is 496. The van der Waals surface area contributed by atoms with Gasteiger partial charge in [0.15, 0.2) is 0 Å². The molecular weight excluding hydrogens is 272 g/mol. The third-order valence-electron chi connectivity index (χ3n) is 3.32. The molecule has 0 aromatic heterocycles. The van der Waals surface area contributed by atoms with Gasteiger partial charge in [0.2, 0.25) is 0 Å². The quantitative estimate of drug-likeness (QED) is 0.694. The largest absolute Gasteiger partial charge is 0.481 e. The molecule has 0 aliphatic carbocycles. The molecule has 0 fully saturated rings. The molecule has 22 heavy (non-hydrogen) atoms. The molecule has 0 atom stereocenters. The summed E-state index contributed by atoms with van der Waals surface area (Å²) in [6.45, 7) is 14.4. The molecule has 1 aromatic rings. The zero-order chi connectivity index (χ0) is 17.1. The van der Waals surface area contributed by atoms with Gasteiger partial charge in [-0.15, -0.1) is 0 Å². The Morgan fingerprint density at radius 2 is 1.91 bits per heavy atom. The van der Waals surface area contributed by atoms with Crippen LogP contribution in [0.15, 0.2) is 48.6 Å². The summed E-state index contributed by atoms with van der Waals surface area (Å²) in [4.78, 5) is 10.4. The van der Waals surface area contributed by atoms with E-state index in [2.05, 4.69) is 47.3 Å². The average molecular weight is 302 g/mol. The van der Waals surface area contributed by atoms with E-state index in [1.807, 2.05) is 30.3 Å². The third-order valence-corrected chi connectivity index (χ3v) is 3.32. The van der Waals surface area contributed by atoms with E-state index in [4.69, 9.17) is 5.11 Å². The van der Waals surface area contributed by atoms with Crippen molar-refractivity contribution < 1.29 is 9.90 Å². The first-order valence-electron chi connectivity index (χ1n) is 7.94. The second-order valence-corrected chi connectivity index (χ2v) is 5.94. The van der Waals surface area contributed by atoms with Crippen molar-refractivity contribution in [1.82, 2.24) is 0 Å². The van der Waals surface area contributed by atoms with Gasteiger partial charge >= 0.3 is 5.97 Å². The average Bonchev–Trinajstić information content (AvgIpc) is 2.44. The van der Waals surface area contributed by atoms with E-state index >= 15 is 0 Å². The van der Waals surface area contributed by atoms with Crippen LogP contribution in [0.5, 0.6) is 0 Å². The highest BCUT2D eigenvalue weighted by molar-refractivity contribution is 5.70. The predicted molar refractivity (Wildman–Crippen MR) is 95.3 cm³/mol. The first kappa shape index (κ1) is 20.2. The summed E-state index contributed by atoms with van der Waals surface area (Å²) in [6, 6.07) is 7.74. The second kappa shape index (κ2) is 10.8. The van der Waals surface area contributed by atoms with Crippen LogP contribution >= 0.6 is 0 Å². The zero-order valence-electron chi connectivity index (χ0n) is 14.6. The van der Waals surface area contributed by atoms with Gasteiger partial charge in [0.25, 0.3) is 0 Å². The van der Waals surface area contributed by atoms with Crippen molar-refractivity contribution in [2.75, 3.05) is 0 Å². The fraction of sp³-hybridized carbons (Fsp3) is 0.450. The van der Waals surface area contributed by atoms with Crippen molar-refractivity contribution in [2.45, 2.75) is 53.4 Å². The summed E-state index contributed by atoms with van der Waals surface area (Å²) < 4.78 is 0. The fourth-order valence-electron chi connectivity index (χ4n) is 2.03. The van der Waals surface area contributed by atoms with Crippen LogP contribution in [0.3, 0.4) is 0 Å². The molecule has 0 saturated heterocycles. The Morgan fingerprint density at radius 1 is 1.27 bits per heavy atom. The maximum absolute atomic E-state index is 10.4. The first-order valence-corrected chi connectivity index (χ1v) is 7.94. The molecular formula is C20H30O2. The smallest absolute Gasteiger partial charge is 0.307 e. The normalized spacial score (nSPS) is 11.1. The molecule has 2 nitrogen and oxygen atoms in total. The number of benzene rings is 1. The summed E-state index contributed by atoms with van der Waals surface area (Å²) in [5.41, 5.74) is 3.43. The van der Waals surface area contributed by atoms with Crippen LogP contribution in [0, 0.1) is 5.92 Å². The number of hydrogen-bond acceptors (Lipinski definition) is 1. The SMILES string of the molecule is C=C/C(=C\CC)C(C)C.CC(C)c1cccc(CC(=O)O)c1. The summed E-state index contributed by atoms with van der Waals surface area (Å²) in [5, 5.41) is 8.60. The van der Waals surface area contributed by atoms with Crippen LogP contribution in [-0.4, -0.2) is 11.1 Å². The van der Waals surface area contributed by atoms with Crippen LogP contribution < -0.4 is 0 Å². The van der Waals surface area contributed by atoms with Gasteiger partial charge < -0.3 is 5.11 Å². The molecule has 0 heterocycles. The number of carbonyl (C=O) groups is 1. The van der Waals surface area contributed by atoms with Crippen LogP contribution in [0.1, 0.15) is 58.1 Å². The minimum atomic E-state index is -0.777. The Balaban J connectivity index is 0.000000433. The van der Waals surface area contributed by atoms with Crippen LogP contribution in [0.4, 0.5) is 0 Å². The number of aliphatic carboxylic acids is 1. The highest BCUT2D eigenvalue weighted by Gasteiger charge is 2.03. The van der Waals surface area contributed by atoms with Gasteiger partial charge in [0.1, 0.15) is 0 Å². The van der Waals surface area contributed by atoms with Gasteiger partial charge in [-0.25, -0.2) is 0 Å². The van der Waals surface area contributed by atoms with E-state index in [1.165, 1.54) is 11.1 Å². The summed E-state index contributed by atoms with van der Waals surface area (Å²) >= 11 is 0. The van der Waals surface area contributed by atoms with Gasteiger partial charge in [-0.3, -0.25) is 4.79 Å². The Hall–Kier alpha value is -1.83. The van der Waals surface area contributed by atoms with E-state index in [-0.39, 0.29) is 6.42 Å². The van der Waals surface area contributed by atoms with Gasteiger partial charge in [-0.1, -0.05) is 83.2 Å². The minimum absolute atomic E-state index is 0.112. The summed E-state index contributed by atoms with van der Waals surface area (Å²) in [7, 11) is 0. The lowest BCUT2D eigenvalue weighted by Crippen LogP contribution is -2.00. The summed E-state index contributed by atoms with van der Waals surface area (Å²) in [5.74, 6) is 0.303. The highest BCUT2D eigenvalue weighted by atomic mass is 16.4. The maximum Gasteiger partial charge on any atom is 0.307 e. The molecule has 0 aliphatic rings. The van der Waals surface area contributed by atoms with Crippen molar-refractivity contribution in [2.24, 2.45) is 5.92 Å². The van der Waals surface area contributed by atoms with Crippen LogP contribution in [-0.2, 0) is 11.2 Å². The first-order chi connectivity index (χ1) is 10.3. The topological polar surface area (TPSA) is 37.3 Å². The number of hydrogen-bond donors (Lipinski definition) is 1. The Kier molecular flexibility index (Phi) is 9.93. The molecule has 0 saturated carbocycles. The lowest BCUT2D eigenvalue weighted by molar-refractivity contribution is -0.136. The maximum atomic E-state index is 10.4. The lowest BCUT2D eigenvalue weighted by atomic mass is 10.00. The van der Waals surface area contributed by atoms with Crippen LogP contribution in [0.25, 0.3) is 0 Å². The van der Waals surface area contributed by atoms with E-state index < -0.39 is 5.97 Å². The molecule has 1 aromatic carbocycles. The van der Waals surface area contributed by atoms with Crippen molar-refractivity contribution in [3.05, 3.63) is 59.7 Å². The monoisotopic (exact) mass is 302 g/mol. The third kappa shape index (κ3) is 8.46. The summed E-state index contributed by atoms with van der Waals surface area (Å²) in [6.07, 6.45) is 5.38.